The van der Waals surface area contributed by atoms with Gasteiger partial charge in [-0.15, -0.1) is 0 Å². The number of ether oxygens (including phenoxy) is 1. The Morgan fingerprint density at radius 2 is 1.78 bits per heavy atom. The van der Waals surface area contributed by atoms with Gasteiger partial charge in [0.25, 0.3) is 0 Å². The molecule has 0 aromatic carbocycles. The standard InChI is InChI=1S/C28H50O3Si/c1-13-27(9,30-21(3)29)18-15-22-20(2)19-23(31-32(11,12)25(4,5)6)24-26(7,8)16-14-17-28(22,24)10/h13,22-24H,1-2,14-19H2,3-12H3/t22-,23-,24-,27+,28+/m0/s1. The monoisotopic (exact) mass is 462 g/mol. The summed E-state index contributed by atoms with van der Waals surface area (Å²) in [5.74, 6) is 0.652. The first kappa shape index (κ1) is 27.4. The van der Waals surface area contributed by atoms with E-state index in [2.05, 4.69) is 67.8 Å². The van der Waals surface area contributed by atoms with Gasteiger partial charge in [0.15, 0.2) is 8.32 Å². The predicted octanol–water partition coefficient (Wildman–Crippen LogP) is 8.07. The number of carbonyl (C=O) groups excluding carboxylic acids is 1. The van der Waals surface area contributed by atoms with Gasteiger partial charge >= 0.3 is 5.97 Å². The second-order valence-electron chi connectivity index (χ2n) is 13.3. The maximum Gasteiger partial charge on any atom is 0.303 e. The Kier molecular flexibility index (Phi) is 7.75. The van der Waals surface area contributed by atoms with Gasteiger partial charge in [-0.2, -0.15) is 0 Å². The van der Waals surface area contributed by atoms with E-state index in [1.807, 2.05) is 6.92 Å². The van der Waals surface area contributed by atoms with Crippen LogP contribution in [0.3, 0.4) is 0 Å². The fraction of sp³-hybridized carbons (Fsp3) is 0.821. The van der Waals surface area contributed by atoms with Crippen LogP contribution >= 0.6 is 0 Å². The molecule has 184 valence electrons. The van der Waals surface area contributed by atoms with Gasteiger partial charge in [-0.25, -0.2) is 0 Å². The molecule has 2 fully saturated rings. The van der Waals surface area contributed by atoms with Crippen molar-refractivity contribution in [2.45, 2.75) is 124 Å². The normalized spacial score (nSPS) is 32.6. The predicted molar refractivity (Wildman–Crippen MR) is 138 cm³/mol. The lowest BCUT2D eigenvalue weighted by atomic mass is 9.46. The number of fused-ring (bicyclic) bond motifs is 1. The Morgan fingerprint density at radius 1 is 1.19 bits per heavy atom. The minimum Gasteiger partial charge on any atom is -0.455 e. The molecule has 0 N–H and O–H groups in total. The van der Waals surface area contributed by atoms with Crippen molar-refractivity contribution < 1.29 is 14.0 Å². The zero-order valence-electron chi connectivity index (χ0n) is 22.7. The summed E-state index contributed by atoms with van der Waals surface area (Å²) in [5.41, 5.74) is 1.06. The molecule has 0 radical (unpaired) electrons. The first-order valence-electron chi connectivity index (χ1n) is 12.6. The highest BCUT2D eigenvalue weighted by Gasteiger charge is 2.58. The van der Waals surface area contributed by atoms with Crippen LogP contribution in [-0.4, -0.2) is 26.0 Å². The van der Waals surface area contributed by atoms with Gasteiger partial charge in [0.1, 0.15) is 5.60 Å². The largest absolute Gasteiger partial charge is 0.455 e. The van der Waals surface area contributed by atoms with Gasteiger partial charge in [0.05, 0.1) is 6.10 Å². The van der Waals surface area contributed by atoms with Gasteiger partial charge in [0.2, 0.25) is 0 Å². The van der Waals surface area contributed by atoms with Gasteiger partial charge in [-0.05, 0) is 85.9 Å². The molecule has 2 aliphatic rings. The van der Waals surface area contributed by atoms with Crippen LogP contribution in [0.4, 0.5) is 0 Å². The fourth-order valence-electron chi connectivity index (χ4n) is 6.59. The summed E-state index contributed by atoms with van der Waals surface area (Å²) in [6.07, 6.45) is 8.41. The molecule has 0 amide bonds. The fourth-order valence-corrected chi connectivity index (χ4v) is 7.91. The second-order valence-corrected chi connectivity index (χ2v) is 18.1. The highest BCUT2D eigenvalue weighted by Crippen LogP contribution is 2.63. The molecule has 0 aromatic rings. The van der Waals surface area contributed by atoms with Crippen LogP contribution in [0.25, 0.3) is 0 Å². The Morgan fingerprint density at radius 3 is 2.28 bits per heavy atom. The highest BCUT2D eigenvalue weighted by molar-refractivity contribution is 6.74. The van der Waals surface area contributed by atoms with E-state index in [0.29, 0.717) is 11.8 Å². The van der Waals surface area contributed by atoms with Gasteiger partial charge in [0, 0.05) is 6.92 Å². The molecule has 0 aliphatic heterocycles. The van der Waals surface area contributed by atoms with E-state index in [1.165, 1.54) is 31.8 Å². The second kappa shape index (κ2) is 9.06. The molecule has 2 aliphatic carbocycles. The van der Waals surface area contributed by atoms with Crippen LogP contribution < -0.4 is 0 Å². The van der Waals surface area contributed by atoms with Gasteiger partial charge in [-0.3, -0.25) is 4.79 Å². The van der Waals surface area contributed by atoms with Crippen LogP contribution in [0.1, 0.15) is 93.9 Å². The molecule has 0 heterocycles. The highest BCUT2D eigenvalue weighted by atomic mass is 28.4. The van der Waals surface area contributed by atoms with Crippen LogP contribution in [0.5, 0.6) is 0 Å². The molecule has 2 rings (SSSR count). The Hall–Kier alpha value is -0.873. The van der Waals surface area contributed by atoms with Crippen molar-refractivity contribution in [2.75, 3.05) is 0 Å². The van der Waals surface area contributed by atoms with Crippen molar-refractivity contribution >= 4 is 14.3 Å². The van der Waals surface area contributed by atoms with E-state index in [0.717, 1.165) is 19.3 Å². The third-order valence-corrected chi connectivity index (χ3v) is 13.7. The molecule has 5 atom stereocenters. The lowest BCUT2D eigenvalue weighted by Crippen LogP contribution is -2.59. The molecule has 32 heavy (non-hydrogen) atoms. The maximum absolute atomic E-state index is 11.7. The van der Waals surface area contributed by atoms with Gasteiger partial charge < -0.3 is 9.16 Å². The lowest BCUT2D eigenvalue weighted by molar-refractivity contribution is -0.152. The smallest absolute Gasteiger partial charge is 0.303 e. The van der Waals surface area contributed by atoms with Crippen LogP contribution in [-0.2, 0) is 14.0 Å². The quantitative estimate of drug-likeness (QED) is 0.218. The molecule has 0 bridgehead atoms. The molecule has 0 unspecified atom stereocenters. The number of rotatable bonds is 7. The topological polar surface area (TPSA) is 35.5 Å². The molecular weight excluding hydrogens is 412 g/mol. The van der Waals surface area contributed by atoms with Crippen LogP contribution in [0.2, 0.25) is 18.1 Å². The van der Waals surface area contributed by atoms with Crippen molar-refractivity contribution in [1.82, 2.24) is 0 Å². The number of esters is 1. The van der Waals surface area contributed by atoms with Crippen molar-refractivity contribution in [2.24, 2.45) is 22.7 Å². The minimum atomic E-state index is -1.90. The van der Waals surface area contributed by atoms with E-state index in [1.54, 1.807) is 6.08 Å². The average molecular weight is 463 g/mol. The molecule has 0 saturated heterocycles. The molecule has 3 nitrogen and oxygen atoms in total. The minimum absolute atomic E-state index is 0.141. The molecule has 2 saturated carbocycles. The van der Waals surface area contributed by atoms with Crippen molar-refractivity contribution in [1.29, 1.82) is 0 Å². The van der Waals surface area contributed by atoms with E-state index >= 15 is 0 Å². The third kappa shape index (κ3) is 5.43. The molecular formula is C28H50O3Si. The summed E-state index contributed by atoms with van der Waals surface area (Å²) in [7, 11) is -1.90. The summed E-state index contributed by atoms with van der Waals surface area (Å²) in [6, 6.07) is 0. The Balaban J connectivity index is 2.38. The SMILES string of the molecule is C=C[C@](C)(CC[C@H]1C(=C)C[C@H](O[Si](C)(C)C(C)(C)C)[C@H]2C(C)(C)CCC[C@]12C)OC(C)=O. The first-order chi connectivity index (χ1) is 14.4. The van der Waals surface area contributed by atoms with E-state index in [9.17, 15) is 4.79 Å². The summed E-state index contributed by atoms with van der Waals surface area (Å²) in [4.78, 5) is 11.7. The van der Waals surface area contributed by atoms with Crippen molar-refractivity contribution in [3.05, 3.63) is 24.8 Å². The summed E-state index contributed by atoms with van der Waals surface area (Å²) in [6.45, 7) is 31.2. The summed E-state index contributed by atoms with van der Waals surface area (Å²) < 4.78 is 12.8. The Labute approximate surface area is 199 Å². The van der Waals surface area contributed by atoms with E-state index in [4.69, 9.17) is 9.16 Å². The lowest BCUT2D eigenvalue weighted by Gasteiger charge is -2.62. The molecule has 0 aromatic heterocycles. The van der Waals surface area contributed by atoms with Crippen LogP contribution in [0.15, 0.2) is 24.8 Å². The molecule has 0 spiro atoms. The van der Waals surface area contributed by atoms with Gasteiger partial charge in [-0.1, -0.05) is 66.7 Å². The number of hydrogen-bond donors (Lipinski definition) is 0. The van der Waals surface area contributed by atoms with Crippen molar-refractivity contribution in [3.63, 3.8) is 0 Å². The first-order valence-corrected chi connectivity index (χ1v) is 15.5. The zero-order chi connectivity index (χ0) is 24.8. The van der Waals surface area contributed by atoms with E-state index in [-0.39, 0.29) is 27.9 Å². The van der Waals surface area contributed by atoms with Crippen molar-refractivity contribution in [3.8, 4) is 0 Å². The van der Waals surface area contributed by atoms with E-state index < -0.39 is 13.9 Å². The average Bonchev–Trinajstić information content (AvgIpc) is 2.58. The number of hydrogen-bond acceptors (Lipinski definition) is 3. The maximum atomic E-state index is 11.7. The van der Waals surface area contributed by atoms with Crippen LogP contribution in [0, 0.1) is 22.7 Å². The zero-order valence-corrected chi connectivity index (χ0v) is 23.7. The number of carbonyl (C=O) groups is 1. The summed E-state index contributed by atoms with van der Waals surface area (Å²) in [5, 5.41) is 0.191. The Bertz CT molecular complexity index is 731. The third-order valence-electron chi connectivity index (χ3n) is 9.20. The summed E-state index contributed by atoms with van der Waals surface area (Å²) >= 11 is 0. The molecule has 4 heteroatoms.